The summed E-state index contributed by atoms with van der Waals surface area (Å²) in [6.45, 7) is 1.25. The van der Waals surface area contributed by atoms with Crippen molar-refractivity contribution in [3.05, 3.63) is 34.6 Å². The minimum absolute atomic E-state index is 0.104. The molecule has 0 spiro atoms. The molecule has 6 heteroatoms. The van der Waals surface area contributed by atoms with Gasteiger partial charge in [0.25, 0.3) is 5.91 Å². The van der Waals surface area contributed by atoms with E-state index < -0.39 is 11.7 Å². The molecule has 4 nitrogen and oxygen atoms in total. The highest BCUT2D eigenvalue weighted by Crippen LogP contribution is 2.19. The van der Waals surface area contributed by atoms with Gasteiger partial charge in [0.2, 0.25) is 0 Å². The van der Waals surface area contributed by atoms with E-state index in [4.69, 9.17) is 16.3 Å². The fourth-order valence-electron chi connectivity index (χ4n) is 2.00. The summed E-state index contributed by atoms with van der Waals surface area (Å²) in [6, 6.07) is 3.98. The number of ether oxygens (including phenoxy) is 1. The SMILES string of the molecule is CO[C@@H]1CNCC1NC(=O)c1c(F)cccc1Cl. The molecule has 1 aromatic rings. The smallest absolute Gasteiger partial charge is 0.256 e. The number of benzene rings is 1. The molecule has 18 heavy (non-hydrogen) atoms. The standard InChI is InChI=1S/C12H14ClFN2O2/c1-18-10-6-15-5-9(10)16-12(17)11-7(13)3-2-4-8(11)14/h2-4,9-10,15H,5-6H2,1H3,(H,16,17)/t9?,10-/m1/s1. The van der Waals surface area contributed by atoms with Gasteiger partial charge in [-0.15, -0.1) is 0 Å². The van der Waals surface area contributed by atoms with Crippen molar-refractivity contribution in [1.29, 1.82) is 0 Å². The molecule has 1 heterocycles. The molecular formula is C12H14ClFN2O2. The number of rotatable bonds is 3. The topological polar surface area (TPSA) is 50.4 Å². The highest BCUT2D eigenvalue weighted by atomic mass is 35.5. The number of carbonyl (C=O) groups excluding carboxylic acids is 1. The maximum absolute atomic E-state index is 13.6. The number of hydrogen-bond donors (Lipinski definition) is 2. The van der Waals surface area contributed by atoms with Crippen LogP contribution in [0.5, 0.6) is 0 Å². The second kappa shape index (κ2) is 5.65. The first kappa shape index (κ1) is 13.3. The predicted molar refractivity (Wildman–Crippen MR) is 66.3 cm³/mol. The van der Waals surface area contributed by atoms with Crippen LogP contribution in [0.3, 0.4) is 0 Å². The maximum atomic E-state index is 13.6. The summed E-state index contributed by atoms with van der Waals surface area (Å²) in [5, 5.41) is 5.92. The molecule has 0 radical (unpaired) electrons. The quantitative estimate of drug-likeness (QED) is 0.869. The lowest BCUT2D eigenvalue weighted by molar-refractivity contribution is 0.0777. The van der Waals surface area contributed by atoms with Gasteiger partial charge in [-0.1, -0.05) is 17.7 Å². The van der Waals surface area contributed by atoms with Crippen LogP contribution in [0, 0.1) is 5.82 Å². The zero-order chi connectivity index (χ0) is 13.1. The molecule has 98 valence electrons. The maximum Gasteiger partial charge on any atom is 0.256 e. The Bertz CT molecular complexity index is 435. The summed E-state index contributed by atoms with van der Waals surface area (Å²) in [6.07, 6.45) is -0.112. The average Bonchev–Trinajstić information content (AvgIpc) is 2.76. The molecule has 1 saturated heterocycles. The normalized spacial score (nSPS) is 23.1. The summed E-state index contributed by atoms with van der Waals surface area (Å²) in [4.78, 5) is 12.0. The molecule has 1 fully saturated rings. The van der Waals surface area contributed by atoms with Crippen molar-refractivity contribution in [2.45, 2.75) is 12.1 Å². The molecule has 0 bridgehead atoms. The summed E-state index contributed by atoms with van der Waals surface area (Å²) < 4.78 is 18.8. The molecule has 2 atom stereocenters. The van der Waals surface area contributed by atoms with Gasteiger partial charge in [0.1, 0.15) is 5.82 Å². The Morgan fingerprint density at radius 1 is 1.56 bits per heavy atom. The lowest BCUT2D eigenvalue weighted by Gasteiger charge is -2.19. The first-order valence-electron chi connectivity index (χ1n) is 5.62. The van der Waals surface area contributed by atoms with E-state index in [2.05, 4.69) is 10.6 Å². The zero-order valence-electron chi connectivity index (χ0n) is 9.87. The molecule has 0 aromatic heterocycles. The monoisotopic (exact) mass is 272 g/mol. The van der Waals surface area contributed by atoms with E-state index in [0.29, 0.717) is 13.1 Å². The van der Waals surface area contributed by atoms with Crippen LogP contribution in [0.4, 0.5) is 4.39 Å². The molecule has 1 aliphatic heterocycles. The van der Waals surface area contributed by atoms with E-state index in [1.165, 1.54) is 18.2 Å². The minimum Gasteiger partial charge on any atom is -0.378 e. The van der Waals surface area contributed by atoms with Crippen molar-refractivity contribution in [1.82, 2.24) is 10.6 Å². The Labute approximate surface area is 109 Å². The summed E-state index contributed by atoms with van der Waals surface area (Å²) >= 11 is 5.83. The van der Waals surface area contributed by atoms with Crippen molar-refractivity contribution >= 4 is 17.5 Å². The van der Waals surface area contributed by atoms with E-state index in [0.717, 1.165) is 0 Å². The minimum atomic E-state index is -0.625. The molecular weight excluding hydrogens is 259 g/mol. The van der Waals surface area contributed by atoms with E-state index in [9.17, 15) is 9.18 Å². The molecule has 0 saturated carbocycles. The molecule has 2 N–H and O–H groups in total. The van der Waals surface area contributed by atoms with Gasteiger partial charge < -0.3 is 15.4 Å². The second-order valence-corrected chi connectivity index (χ2v) is 4.52. The summed E-state index contributed by atoms with van der Waals surface area (Å²) in [5.74, 6) is -1.14. The predicted octanol–water partition coefficient (Wildman–Crippen LogP) is 1.20. The Morgan fingerprint density at radius 3 is 3.00 bits per heavy atom. The van der Waals surface area contributed by atoms with Gasteiger partial charge >= 0.3 is 0 Å². The summed E-state index contributed by atoms with van der Waals surface area (Å²) in [5.41, 5.74) is -0.124. The number of amides is 1. The molecule has 1 amide bonds. The van der Waals surface area contributed by atoms with Crippen molar-refractivity contribution < 1.29 is 13.9 Å². The Kier molecular flexibility index (Phi) is 4.16. The van der Waals surface area contributed by atoms with Crippen LogP contribution >= 0.6 is 11.6 Å². The summed E-state index contributed by atoms with van der Waals surface area (Å²) in [7, 11) is 1.58. The Morgan fingerprint density at radius 2 is 2.33 bits per heavy atom. The van der Waals surface area contributed by atoms with Crippen LogP contribution in [0.1, 0.15) is 10.4 Å². The van der Waals surface area contributed by atoms with Crippen LogP contribution in [-0.4, -0.2) is 38.3 Å². The lowest BCUT2D eigenvalue weighted by atomic mass is 10.1. The fourth-order valence-corrected chi connectivity index (χ4v) is 2.25. The first-order chi connectivity index (χ1) is 8.63. The third kappa shape index (κ3) is 2.63. The van der Waals surface area contributed by atoms with Crippen molar-refractivity contribution in [3.8, 4) is 0 Å². The van der Waals surface area contributed by atoms with Gasteiger partial charge in [0, 0.05) is 20.2 Å². The van der Waals surface area contributed by atoms with Crippen LogP contribution in [0.2, 0.25) is 5.02 Å². The van der Waals surface area contributed by atoms with Crippen LogP contribution < -0.4 is 10.6 Å². The average molecular weight is 273 g/mol. The van der Waals surface area contributed by atoms with Gasteiger partial charge in [-0.3, -0.25) is 4.79 Å². The van der Waals surface area contributed by atoms with Crippen LogP contribution in [0.15, 0.2) is 18.2 Å². The van der Waals surface area contributed by atoms with Crippen molar-refractivity contribution in [3.63, 3.8) is 0 Å². The van der Waals surface area contributed by atoms with E-state index >= 15 is 0 Å². The Balaban J connectivity index is 2.12. The van der Waals surface area contributed by atoms with Gasteiger partial charge in [0.05, 0.1) is 22.7 Å². The molecule has 1 aliphatic rings. The zero-order valence-corrected chi connectivity index (χ0v) is 10.6. The fraction of sp³-hybridized carbons (Fsp3) is 0.417. The van der Waals surface area contributed by atoms with Gasteiger partial charge in [-0.2, -0.15) is 0 Å². The third-order valence-corrected chi connectivity index (χ3v) is 3.28. The van der Waals surface area contributed by atoms with Crippen molar-refractivity contribution in [2.75, 3.05) is 20.2 Å². The van der Waals surface area contributed by atoms with Gasteiger partial charge in [-0.05, 0) is 12.1 Å². The third-order valence-electron chi connectivity index (χ3n) is 2.97. The molecule has 2 rings (SSSR count). The number of methoxy groups -OCH3 is 1. The van der Waals surface area contributed by atoms with E-state index in [-0.39, 0.29) is 22.7 Å². The molecule has 1 aromatic carbocycles. The number of nitrogens with one attached hydrogen (secondary N) is 2. The van der Waals surface area contributed by atoms with Crippen LogP contribution in [-0.2, 0) is 4.74 Å². The van der Waals surface area contributed by atoms with Crippen LogP contribution in [0.25, 0.3) is 0 Å². The van der Waals surface area contributed by atoms with Gasteiger partial charge in [-0.25, -0.2) is 4.39 Å². The molecule has 1 unspecified atom stereocenters. The number of halogens is 2. The highest BCUT2D eigenvalue weighted by Gasteiger charge is 2.29. The van der Waals surface area contributed by atoms with E-state index in [1.54, 1.807) is 7.11 Å². The highest BCUT2D eigenvalue weighted by molar-refractivity contribution is 6.33. The van der Waals surface area contributed by atoms with Gasteiger partial charge in [0.15, 0.2) is 0 Å². The largest absolute Gasteiger partial charge is 0.378 e. The van der Waals surface area contributed by atoms with Crippen molar-refractivity contribution in [2.24, 2.45) is 0 Å². The molecule has 0 aliphatic carbocycles. The first-order valence-corrected chi connectivity index (χ1v) is 5.99. The Hall–Kier alpha value is -1.17. The van der Waals surface area contributed by atoms with E-state index in [1.807, 2.05) is 0 Å². The number of carbonyl (C=O) groups is 1. The number of hydrogen-bond acceptors (Lipinski definition) is 3. The second-order valence-electron chi connectivity index (χ2n) is 4.11. The lowest BCUT2D eigenvalue weighted by Crippen LogP contribution is -2.43.